The molecule has 1 rings (SSSR count). The first kappa shape index (κ1) is 15.4. The average Bonchev–Trinajstić information content (AvgIpc) is 2.44. The lowest BCUT2D eigenvalue weighted by Crippen LogP contribution is -2.41. The molecule has 1 amide bonds. The third-order valence-corrected chi connectivity index (χ3v) is 2.68. The fourth-order valence-corrected chi connectivity index (χ4v) is 1.63. The minimum Gasteiger partial charge on any atom is -0.395 e. The van der Waals surface area contributed by atoms with Gasteiger partial charge in [-0.2, -0.15) is 5.26 Å². The van der Waals surface area contributed by atoms with E-state index in [9.17, 15) is 4.79 Å². The monoisotopic (exact) mass is 268 g/mol. The van der Waals surface area contributed by atoms with Crippen LogP contribution in [0.3, 0.4) is 0 Å². The highest BCUT2D eigenvalue weighted by molar-refractivity contribution is 5.97. The molecule has 0 aromatic rings. The van der Waals surface area contributed by atoms with E-state index < -0.39 is 5.91 Å². The second-order valence-corrected chi connectivity index (χ2v) is 4.06. The maximum absolute atomic E-state index is 11.7. The van der Waals surface area contributed by atoms with E-state index in [1.54, 1.807) is 0 Å². The molecule has 0 aromatic heterocycles. The Labute approximate surface area is 112 Å². The number of hydrogen-bond acceptors (Lipinski definition) is 6. The molecule has 1 aliphatic heterocycles. The number of ether oxygens (including phenoxy) is 1. The first-order valence-corrected chi connectivity index (χ1v) is 6.30. The Morgan fingerprint density at radius 2 is 2.16 bits per heavy atom. The van der Waals surface area contributed by atoms with E-state index in [1.807, 2.05) is 6.07 Å². The largest absolute Gasteiger partial charge is 0.395 e. The van der Waals surface area contributed by atoms with E-state index in [2.05, 4.69) is 15.5 Å². The van der Waals surface area contributed by atoms with Gasteiger partial charge in [0.2, 0.25) is 0 Å². The van der Waals surface area contributed by atoms with Crippen molar-refractivity contribution < 1.29 is 14.6 Å². The van der Waals surface area contributed by atoms with Gasteiger partial charge in [-0.3, -0.25) is 9.69 Å². The van der Waals surface area contributed by atoms with Gasteiger partial charge < -0.3 is 20.5 Å². The normalized spacial score (nSPS) is 16.7. The van der Waals surface area contributed by atoms with Crippen LogP contribution >= 0.6 is 0 Å². The number of morpholine rings is 1. The zero-order valence-electron chi connectivity index (χ0n) is 10.9. The summed E-state index contributed by atoms with van der Waals surface area (Å²) in [5, 5.41) is 22.8. The van der Waals surface area contributed by atoms with Gasteiger partial charge in [0.1, 0.15) is 11.6 Å². The van der Waals surface area contributed by atoms with Crippen molar-refractivity contribution in [3.05, 3.63) is 11.8 Å². The molecule has 0 aliphatic carbocycles. The Kier molecular flexibility index (Phi) is 7.58. The molecule has 3 N–H and O–H groups in total. The third-order valence-electron chi connectivity index (χ3n) is 2.68. The molecule has 0 atom stereocenters. The zero-order chi connectivity index (χ0) is 13.9. The zero-order valence-corrected chi connectivity index (χ0v) is 10.9. The van der Waals surface area contributed by atoms with E-state index in [0.717, 1.165) is 32.8 Å². The highest BCUT2D eigenvalue weighted by Crippen LogP contribution is 1.95. The first-order chi connectivity index (χ1) is 9.27. The van der Waals surface area contributed by atoms with Crippen LogP contribution in [-0.2, 0) is 9.53 Å². The molecule has 7 nitrogen and oxygen atoms in total. The molecule has 1 fully saturated rings. The molecule has 0 spiro atoms. The smallest absolute Gasteiger partial charge is 0.263 e. The summed E-state index contributed by atoms with van der Waals surface area (Å²) in [4.78, 5) is 13.9. The molecular formula is C12H20N4O3. The van der Waals surface area contributed by atoms with Crippen molar-refractivity contribution in [3.63, 3.8) is 0 Å². The molecule has 106 valence electrons. The lowest BCUT2D eigenvalue weighted by Gasteiger charge is -2.26. The van der Waals surface area contributed by atoms with Crippen LogP contribution < -0.4 is 10.6 Å². The Morgan fingerprint density at radius 3 is 2.79 bits per heavy atom. The summed E-state index contributed by atoms with van der Waals surface area (Å²) in [5.74, 6) is -0.402. The number of carbonyl (C=O) groups is 1. The predicted molar refractivity (Wildman–Crippen MR) is 69.1 cm³/mol. The number of aliphatic hydroxyl groups is 1. The van der Waals surface area contributed by atoms with Gasteiger partial charge in [0.05, 0.1) is 19.8 Å². The van der Waals surface area contributed by atoms with Gasteiger partial charge in [-0.15, -0.1) is 0 Å². The van der Waals surface area contributed by atoms with Gasteiger partial charge in [-0.25, -0.2) is 0 Å². The Morgan fingerprint density at radius 1 is 1.42 bits per heavy atom. The minimum absolute atomic E-state index is 0.00966. The van der Waals surface area contributed by atoms with E-state index in [0.29, 0.717) is 13.1 Å². The number of amides is 1. The van der Waals surface area contributed by atoms with E-state index in [-0.39, 0.29) is 12.2 Å². The summed E-state index contributed by atoms with van der Waals surface area (Å²) in [6.45, 7) is 4.70. The van der Waals surface area contributed by atoms with Crippen LogP contribution in [0.5, 0.6) is 0 Å². The molecule has 0 unspecified atom stereocenters. The number of aliphatic hydroxyl groups excluding tert-OH is 1. The van der Waals surface area contributed by atoms with Gasteiger partial charge in [0, 0.05) is 38.9 Å². The van der Waals surface area contributed by atoms with Gasteiger partial charge in [0.25, 0.3) is 5.91 Å². The van der Waals surface area contributed by atoms with Crippen molar-refractivity contribution in [3.8, 4) is 6.07 Å². The molecule has 0 bridgehead atoms. The van der Waals surface area contributed by atoms with Gasteiger partial charge >= 0.3 is 0 Å². The van der Waals surface area contributed by atoms with Crippen LogP contribution in [0.4, 0.5) is 0 Å². The van der Waals surface area contributed by atoms with E-state index in [4.69, 9.17) is 15.1 Å². The minimum atomic E-state index is -0.402. The summed E-state index contributed by atoms with van der Waals surface area (Å²) < 4.78 is 5.23. The number of rotatable bonds is 7. The van der Waals surface area contributed by atoms with Crippen LogP contribution in [0, 0.1) is 11.3 Å². The summed E-state index contributed by atoms with van der Waals surface area (Å²) in [7, 11) is 0. The molecular weight excluding hydrogens is 248 g/mol. The molecule has 1 aliphatic rings. The van der Waals surface area contributed by atoms with Crippen molar-refractivity contribution in [2.45, 2.75) is 0 Å². The Hall–Kier alpha value is -1.62. The van der Waals surface area contributed by atoms with Crippen LogP contribution in [0.1, 0.15) is 0 Å². The lowest BCUT2D eigenvalue weighted by molar-refractivity contribution is -0.117. The van der Waals surface area contributed by atoms with Gasteiger partial charge in [-0.1, -0.05) is 0 Å². The van der Waals surface area contributed by atoms with Gasteiger partial charge in [0.15, 0.2) is 0 Å². The maximum atomic E-state index is 11.7. The van der Waals surface area contributed by atoms with Crippen LogP contribution in [-0.4, -0.2) is 68.5 Å². The molecule has 0 aromatic carbocycles. The van der Waals surface area contributed by atoms with Gasteiger partial charge in [-0.05, 0) is 0 Å². The van der Waals surface area contributed by atoms with Crippen molar-refractivity contribution in [1.29, 1.82) is 5.26 Å². The highest BCUT2D eigenvalue weighted by atomic mass is 16.5. The van der Waals surface area contributed by atoms with E-state index in [1.165, 1.54) is 6.20 Å². The molecule has 19 heavy (non-hydrogen) atoms. The third kappa shape index (κ3) is 6.20. The summed E-state index contributed by atoms with van der Waals surface area (Å²) in [5.41, 5.74) is 0.00966. The fourth-order valence-electron chi connectivity index (χ4n) is 1.63. The van der Waals surface area contributed by atoms with Crippen molar-refractivity contribution >= 4 is 5.91 Å². The van der Waals surface area contributed by atoms with Crippen molar-refractivity contribution in [1.82, 2.24) is 15.5 Å². The average molecular weight is 268 g/mol. The Balaban J connectivity index is 2.24. The molecule has 0 radical (unpaired) electrons. The topological polar surface area (TPSA) is 97.6 Å². The number of nitrogens with zero attached hydrogens (tertiary/aromatic N) is 2. The number of nitrogens with one attached hydrogen (secondary N) is 2. The standard InChI is InChI=1S/C12H20N4O3/c13-9-11(10-14-2-6-17)12(18)15-1-3-16-4-7-19-8-5-16/h10,14,17H,1-8H2,(H,15,18)/b11-10-. The molecule has 1 saturated heterocycles. The summed E-state index contributed by atoms with van der Waals surface area (Å²) in [6, 6.07) is 1.82. The number of hydrogen-bond donors (Lipinski definition) is 3. The highest BCUT2D eigenvalue weighted by Gasteiger charge is 2.11. The second-order valence-electron chi connectivity index (χ2n) is 4.06. The number of carbonyl (C=O) groups excluding carboxylic acids is 1. The van der Waals surface area contributed by atoms with Crippen molar-refractivity contribution in [2.24, 2.45) is 0 Å². The number of nitriles is 1. The van der Waals surface area contributed by atoms with Crippen LogP contribution in [0.25, 0.3) is 0 Å². The lowest BCUT2D eigenvalue weighted by atomic mass is 10.3. The van der Waals surface area contributed by atoms with Crippen molar-refractivity contribution in [2.75, 3.05) is 52.5 Å². The van der Waals surface area contributed by atoms with Crippen LogP contribution in [0.15, 0.2) is 11.8 Å². The predicted octanol–water partition coefficient (Wildman–Crippen LogP) is -1.58. The molecule has 1 heterocycles. The first-order valence-electron chi connectivity index (χ1n) is 6.30. The maximum Gasteiger partial charge on any atom is 0.263 e. The second kappa shape index (κ2) is 9.33. The summed E-state index contributed by atoms with van der Waals surface area (Å²) >= 11 is 0. The molecule has 0 saturated carbocycles. The SMILES string of the molecule is N#C/C(=C/NCCO)C(=O)NCCN1CCOCC1. The fraction of sp³-hybridized carbons (Fsp3) is 0.667. The quantitative estimate of drug-likeness (QED) is 0.293. The Bertz CT molecular complexity index is 345. The van der Waals surface area contributed by atoms with Crippen LogP contribution in [0.2, 0.25) is 0 Å². The summed E-state index contributed by atoms with van der Waals surface area (Å²) in [6.07, 6.45) is 1.32. The van der Waals surface area contributed by atoms with E-state index >= 15 is 0 Å². The molecule has 7 heteroatoms.